The van der Waals surface area contributed by atoms with Crippen molar-refractivity contribution in [2.75, 3.05) is 13.7 Å². The van der Waals surface area contributed by atoms with Gasteiger partial charge in [-0.15, -0.1) is 0 Å². The van der Waals surface area contributed by atoms with E-state index >= 15 is 0 Å². The van der Waals surface area contributed by atoms with Gasteiger partial charge in [0.25, 0.3) is 5.91 Å². The summed E-state index contributed by atoms with van der Waals surface area (Å²) in [5, 5.41) is 7.70. The molecule has 0 fully saturated rings. The Balaban J connectivity index is 1.50. The Kier molecular flexibility index (Phi) is 5.15. The van der Waals surface area contributed by atoms with Gasteiger partial charge in [-0.3, -0.25) is 4.79 Å². The number of hydrogen-bond acceptors (Lipinski definition) is 3. The maximum Gasteiger partial charge on any atom is 0.272 e. The number of rotatable bonds is 6. The second kappa shape index (κ2) is 7.89. The van der Waals surface area contributed by atoms with Crippen LogP contribution >= 0.6 is 0 Å². The predicted molar refractivity (Wildman–Crippen MR) is 109 cm³/mol. The van der Waals surface area contributed by atoms with Gasteiger partial charge in [0, 0.05) is 17.8 Å². The Morgan fingerprint density at radius 3 is 2.71 bits per heavy atom. The van der Waals surface area contributed by atoms with Crippen molar-refractivity contribution in [1.29, 1.82) is 0 Å². The first kappa shape index (κ1) is 18.3. The fourth-order valence-electron chi connectivity index (χ4n) is 3.82. The number of ether oxygens (including phenoxy) is 1. The largest absolute Gasteiger partial charge is 0.496 e. The molecule has 1 aliphatic carbocycles. The second-order valence-corrected chi connectivity index (χ2v) is 7.19. The van der Waals surface area contributed by atoms with Crippen LogP contribution in [0, 0.1) is 6.92 Å². The molecule has 1 aromatic heterocycles. The van der Waals surface area contributed by atoms with Gasteiger partial charge in [-0.05, 0) is 56.4 Å². The molecule has 1 N–H and O–H groups in total. The number of hydrogen-bond donors (Lipinski definition) is 1. The lowest BCUT2D eigenvalue weighted by atomic mass is 10.1. The maximum atomic E-state index is 12.8. The van der Waals surface area contributed by atoms with Crippen LogP contribution in [0.1, 0.15) is 39.3 Å². The van der Waals surface area contributed by atoms with Crippen molar-refractivity contribution in [3.05, 3.63) is 76.6 Å². The summed E-state index contributed by atoms with van der Waals surface area (Å²) in [5.74, 6) is 0.750. The van der Waals surface area contributed by atoms with Crippen molar-refractivity contribution in [1.82, 2.24) is 15.1 Å². The Hall–Kier alpha value is -3.08. The monoisotopic (exact) mass is 375 g/mol. The molecule has 0 spiro atoms. The molecule has 5 heteroatoms. The summed E-state index contributed by atoms with van der Waals surface area (Å²) >= 11 is 0. The van der Waals surface area contributed by atoms with E-state index in [-0.39, 0.29) is 5.91 Å². The van der Waals surface area contributed by atoms with Crippen molar-refractivity contribution >= 4 is 5.91 Å². The van der Waals surface area contributed by atoms with E-state index in [0.29, 0.717) is 12.2 Å². The van der Waals surface area contributed by atoms with E-state index in [1.165, 1.54) is 11.3 Å². The van der Waals surface area contributed by atoms with Crippen molar-refractivity contribution in [3.63, 3.8) is 0 Å². The van der Waals surface area contributed by atoms with E-state index < -0.39 is 0 Å². The van der Waals surface area contributed by atoms with Crippen LogP contribution < -0.4 is 10.1 Å². The molecule has 0 bridgehead atoms. The number of methoxy groups -OCH3 is 1. The summed E-state index contributed by atoms with van der Waals surface area (Å²) in [6.07, 6.45) is 3.66. The number of fused-ring (bicyclic) bond motifs is 1. The minimum atomic E-state index is -0.0982. The van der Waals surface area contributed by atoms with Gasteiger partial charge >= 0.3 is 0 Å². The molecule has 5 nitrogen and oxygen atoms in total. The molecule has 0 unspecified atom stereocenters. The summed E-state index contributed by atoms with van der Waals surface area (Å²) in [5.41, 5.74) is 6.13. The van der Waals surface area contributed by atoms with Gasteiger partial charge in [0.15, 0.2) is 5.69 Å². The summed E-state index contributed by atoms with van der Waals surface area (Å²) < 4.78 is 7.32. The van der Waals surface area contributed by atoms with Crippen LogP contribution in [-0.2, 0) is 19.3 Å². The smallest absolute Gasteiger partial charge is 0.272 e. The van der Waals surface area contributed by atoms with Crippen molar-refractivity contribution in [3.8, 4) is 11.4 Å². The molecule has 0 radical (unpaired) electrons. The number of nitrogens with one attached hydrogen (secondary N) is 1. The number of aromatic nitrogens is 2. The third-order valence-electron chi connectivity index (χ3n) is 5.30. The maximum absolute atomic E-state index is 12.8. The molecule has 4 rings (SSSR count). The zero-order valence-corrected chi connectivity index (χ0v) is 16.4. The number of nitrogens with zero attached hydrogens (tertiary/aromatic N) is 2. The summed E-state index contributed by atoms with van der Waals surface area (Å²) in [6.45, 7) is 2.61. The van der Waals surface area contributed by atoms with E-state index in [2.05, 4.69) is 41.6 Å². The van der Waals surface area contributed by atoms with E-state index in [9.17, 15) is 4.79 Å². The first-order chi connectivity index (χ1) is 13.7. The van der Waals surface area contributed by atoms with E-state index in [4.69, 9.17) is 4.74 Å². The molecular weight excluding hydrogens is 350 g/mol. The normalized spacial score (nSPS) is 12.6. The average Bonchev–Trinajstić information content (AvgIpc) is 3.32. The molecule has 28 heavy (non-hydrogen) atoms. The van der Waals surface area contributed by atoms with Crippen LogP contribution in [0.3, 0.4) is 0 Å². The van der Waals surface area contributed by atoms with Gasteiger partial charge in [0.05, 0.1) is 12.8 Å². The molecule has 2 aromatic carbocycles. The minimum Gasteiger partial charge on any atom is -0.496 e. The zero-order chi connectivity index (χ0) is 19.5. The molecule has 0 saturated carbocycles. The number of benzene rings is 2. The lowest BCUT2D eigenvalue weighted by Gasteiger charge is -2.09. The van der Waals surface area contributed by atoms with Gasteiger partial charge in [0.2, 0.25) is 0 Å². The first-order valence-corrected chi connectivity index (χ1v) is 9.75. The number of para-hydroxylation sites is 1. The highest BCUT2D eigenvalue weighted by Crippen LogP contribution is 2.28. The Morgan fingerprint density at radius 2 is 1.93 bits per heavy atom. The van der Waals surface area contributed by atoms with Gasteiger partial charge in [-0.1, -0.05) is 35.9 Å². The zero-order valence-electron chi connectivity index (χ0n) is 16.4. The number of amides is 1. The number of aryl methyl sites for hydroxylation is 1. The molecule has 144 valence electrons. The third-order valence-corrected chi connectivity index (χ3v) is 5.30. The average molecular weight is 375 g/mol. The summed E-state index contributed by atoms with van der Waals surface area (Å²) in [7, 11) is 1.67. The van der Waals surface area contributed by atoms with Crippen molar-refractivity contribution in [2.24, 2.45) is 0 Å². The van der Waals surface area contributed by atoms with E-state index in [0.717, 1.165) is 48.2 Å². The Morgan fingerprint density at radius 1 is 1.14 bits per heavy atom. The fourth-order valence-corrected chi connectivity index (χ4v) is 3.82. The standard InChI is InChI=1S/C23H25N3O2/c1-16-10-12-18(13-11-16)26-20-8-5-7-19(20)22(25-26)23(27)24-15-14-17-6-3-4-9-21(17)28-2/h3-4,6,9-13H,5,7-8,14-15H2,1-2H3,(H,24,27). The Labute approximate surface area is 165 Å². The van der Waals surface area contributed by atoms with Crippen LogP contribution in [0.5, 0.6) is 5.75 Å². The Bertz CT molecular complexity index is 990. The molecule has 1 heterocycles. The molecular formula is C23H25N3O2. The lowest BCUT2D eigenvalue weighted by molar-refractivity contribution is 0.0947. The summed E-state index contributed by atoms with van der Waals surface area (Å²) in [4.78, 5) is 12.8. The van der Waals surface area contributed by atoms with Crippen LogP contribution in [-0.4, -0.2) is 29.3 Å². The van der Waals surface area contributed by atoms with Crippen LogP contribution in [0.15, 0.2) is 48.5 Å². The van der Waals surface area contributed by atoms with Crippen molar-refractivity contribution < 1.29 is 9.53 Å². The van der Waals surface area contributed by atoms with E-state index in [1.807, 2.05) is 28.9 Å². The lowest BCUT2D eigenvalue weighted by Crippen LogP contribution is -2.27. The first-order valence-electron chi connectivity index (χ1n) is 9.75. The third kappa shape index (κ3) is 3.52. The molecule has 1 aliphatic rings. The highest BCUT2D eigenvalue weighted by molar-refractivity contribution is 5.94. The number of carbonyl (C=O) groups is 1. The predicted octanol–water partition coefficient (Wildman–Crippen LogP) is 3.65. The van der Waals surface area contributed by atoms with Crippen molar-refractivity contribution in [2.45, 2.75) is 32.6 Å². The van der Waals surface area contributed by atoms with Crippen LogP contribution in [0.4, 0.5) is 0 Å². The molecule has 3 aromatic rings. The molecule has 0 atom stereocenters. The minimum absolute atomic E-state index is 0.0982. The molecule has 1 amide bonds. The van der Waals surface area contributed by atoms with E-state index in [1.54, 1.807) is 7.11 Å². The fraction of sp³-hybridized carbons (Fsp3) is 0.304. The van der Waals surface area contributed by atoms with Gasteiger partial charge in [-0.25, -0.2) is 4.68 Å². The van der Waals surface area contributed by atoms with Crippen LogP contribution in [0.25, 0.3) is 5.69 Å². The highest BCUT2D eigenvalue weighted by atomic mass is 16.5. The van der Waals surface area contributed by atoms with Gasteiger partial charge < -0.3 is 10.1 Å². The molecule has 0 saturated heterocycles. The van der Waals surface area contributed by atoms with Gasteiger partial charge in [-0.2, -0.15) is 5.10 Å². The number of carbonyl (C=O) groups excluding carboxylic acids is 1. The second-order valence-electron chi connectivity index (χ2n) is 7.19. The van der Waals surface area contributed by atoms with Gasteiger partial charge in [0.1, 0.15) is 5.75 Å². The SMILES string of the molecule is COc1ccccc1CCNC(=O)c1nn(-c2ccc(C)cc2)c2c1CCC2. The van der Waals surface area contributed by atoms with Crippen LogP contribution in [0.2, 0.25) is 0 Å². The summed E-state index contributed by atoms with van der Waals surface area (Å²) in [6, 6.07) is 16.2. The quantitative estimate of drug-likeness (QED) is 0.715. The molecule has 0 aliphatic heterocycles. The topological polar surface area (TPSA) is 56.1 Å². The highest BCUT2D eigenvalue weighted by Gasteiger charge is 2.26.